The number of hydrogen-bond donors (Lipinski definition) is 1. The number of morpholine rings is 1. The number of fused-ring (bicyclic) bond motifs is 1. The number of carbonyl (C=O) groups is 1. The Kier molecular flexibility index (Phi) is 4.91. The van der Waals surface area contributed by atoms with Gasteiger partial charge in [-0.25, -0.2) is 4.79 Å². The van der Waals surface area contributed by atoms with Gasteiger partial charge in [0.25, 0.3) is 0 Å². The van der Waals surface area contributed by atoms with Gasteiger partial charge in [-0.3, -0.25) is 4.90 Å². The third-order valence-electron chi connectivity index (χ3n) is 5.26. The average Bonchev–Trinajstić information content (AvgIpc) is 2.69. The number of anilines is 1. The summed E-state index contributed by atoms with van der Waals surface area (Å²) in [5.74, 6) is 0. The number of nitrogens with one attached hydrogen (secondary N) is 1. The largest absolute Gasteiger partial charge is 0.374 e. The zero-order valence-electron chi connectivity index (χ0n) is 15.1. The Morgan fingerprint density at radius 1 is 1.12 bits per heavy atom. The van der Waals surface area contributed by atoms with Gasteiger partial charge in [-0.2, -0.15) is 0 Å². The number of ether oxygens (including phenoxy) is 1. The Bertz CT molecular complexity index is 765. The van der Waals surface area contributed by atoms with Gasteiger partial charge in [-0.1, -0.05) is 55.5 Å². The second-order valence-electron chi connectivity index (χ2n) is 6.87. The SMILES string of the molecule is CCN1CCOC(CN2C(=O)Nc3ccccc3C2c2ccccc2)C1. The van der Waals surface area contributed by atoms with Gasteiger partial charge in [0.1, 0.15) is 0 Å². The number of hydrogen-bond acceptors (Lipinski definition) is 3. The van der Waals surface area contributed by atoms with Crippen LogP contribution in [0.2, 0.25) is 0 Å². The van der Waals surface area contributed by atoms with Crippen LogP contribution in [0.3, 0.4) is 0 Å². The maximum absolute atomic E-state index is 12.9. The lowest BCUT2D eigenvalue weighted by atomic mass is 9.93. The predicted octanol–water partition coefficient (Wildman–Crippen LogP) is 3.34. The van der Waals surface area contributed by atoms with E-state index in [0.717, 1.165) is 43.1 Å². The van der Waals surface area contributed by atoms with Gasteiger partial charge in [0, 0.05) is 24.3 Å². The van der Waals surface area contributed by atoms with Crippen LogP contribution in [0.4, 0.5) is 10.5 Å². The van der Waals surface area contributed by atoms with Gasteiger partial charge >= 0.3 is 6.03 Å². The molecule has 4 rings (SSSR count). The second kappa shape index (κ2) is 7.48. The number of nitrogens with zero attached hydrogens (tertiary/aromatic N) is 2. The fourth-order valence-electron chi connectivity index (χ4n) is 3.90. The number of likely N-dealkylation sites (N-methyl/N-ethyl adjacent to an activating group) is 1. The maximum Gasteiger partial charge on any atom is 0.322 e. The maximum atomic E-state index is 12.9. The quantitative estimate of drug-likeness (QED) is 0.919. The van der Waals surface area contributed by atoms with E-state index in [1.165, 1.54) is 0 Å². The lowest BCUT2D eigenvalue weighted by molar-refractivity contribution is -0.0391. The zero-order valence-corrected chi connectivity index (χ0v) is 15.1. The number of para-hydroxylation sites is 1. The van der Waals surface area contributed by atoms with Crippen LogP contribution < -0.4 is 5.32 Å². The zero-order chi connectivity index (χ0) is 17.9. The predicted molar refractivity (Wildman–Crippen MR) is 102 cm³/mol. The summed E-state index contributed by atoms with van der Waals surface area (Å²) in [6.45, 7) is 6.31. The lowest BCUT2D eigenvalue weighted by Crippen LogP contribution is -2.51. The number of urea groups is 1. The minimum atomic E-state index is -0.0956. The molecule has 1 N–H and O–H groups in total. The van der Waals surface area contributed by atoms with Gasteiger partial charge in [0.2, 0.25) is 0 Å². The molecule has 136 valence electrons. The smallest absolute Gasteiger partial charge is 0.322 e. The molecule has 0 spiro atoms. The van der Waals surface area contributed by atoms with Crippen LogP contribution in [0.25, 0.3) is 0 Å². The number of rotatable bonds is 4. The molecule has 2 aromatic rings. The van der Waals surface area contributed by atoms with E-state index in [9.17, 15) is 4.79 Å². The molecule has 2 atom stereocenters. The molecule has 0 bridgehead atoms. The normalized spacial score (nSPS) is 23.4. The van der Waals surface area contributed by atoms with Crippen LogP contribution in [-0.4, -0.2) is 54.7 Å². The summed E-state index contributed by atoms with van der Waals surface area (Å²) in [7, 11) is 0. The molecule has 1 saturated heterocycles. The molecule has 5 nitrogen and oxygen atoms in total. The van der Waals surface area contributed by atoms with Crippen molar-refractivity contribution in [2.45, 2.75) is 19.1 Å². The summed E-state index contributed by atoms with van der Waals surface area (Å²) >= 11 is 0. The molecule has 1 fully saturated rings. The molecular formula is C21H25N3O2. The Labute approximate surface area is 154 Å². The minimum absolute atomic E-state index is 0.0333. The van der Waals surface area contributed by atoms with Crippen LogP contribution >= 0.6 is 0 Å². The fourth-order valence-corrected chi connectivity index (χ4v) is 3.90. The first-order chi connectivity index (χ1) is 12.8. The van der Waals surface area contributed by atoms with Crippen molar-refractivity contribution in [1.29, 1.82) is 0 Å². The summed E-state index contributed by atoms with van der Waals surface area (Å²) in [4.78, 5) is 17.2. The molecule has 0 aliphatic carbocycles. The molecule has 2 aromatic carbocycles. The van der Waals surface area contributed by atoms with Crippen molar-refractivity contribution in [3.8, 4) is 0 Å². The number of carbonyl (C=O) groups excluding carboxylic acids is 1. The summed E-state index contributed by atoms with van der Waals surface area (Å²) in [6, 6.07) is 18.1. The van der Waals surface area contributed by atoms with Gasteiger partial charge in [0.15, 0.2) is 0 Å². The van der Waals surface area contributed by atoms with Crippen molar-refractivity contribution in [2.24, 2.45) is 0 Å². The highest BCUT2D eigenvalue weighted by Crippen LogP contribution is 2.37. The standard InChI is InChI=1S/C21H25N3O2/c1-2-23-12-13-26-17(14-23)15-24-20(16-8-4-3-5-9-16)18-10-6-7-11-19(18)22-21(24)25/h3-11,17,20H,2,12-15H2,1H3,(H,22,25). The van der Waals surface area contributed by atoms with Crippen LogP contribution in [-0.2, 0) is 4.74 Å². The Morgan fingerprint density at radius 3 is 2.69 bits per heavy atom. The molecule has 26 heavy (non-hydrogen) atoms. The first kappa shape index (κ1) is 17.1. The Hall–Kier alpha value is -2.37. The van der Waals surface area contributed by atoms with E-state index in [1.807, 2.05) is 41.3 Å². The molecule has 2 aliphatic heterocycles. The third kappa shape index (κ3) is 3.32. The summed E-state index contributed by atoms with van der Waals surface area (Å²) in [5.41, 5.74) is 3.14. The second-order valence-corrected chi connectivity index (χ2v) is 6.87. The van der Waals surface area contributed by atoms with Crippen LogP contribution in [0.1, 0.15) is 24.1 Å². The lowest BCUT2D eigenvalue weighted by Gasteiger charge is -2.41. The average molecular weight is 351 g/mol. The van der Waals surface area contributed by atoms with E-state index in [2.05, 4.69) is 35.3 Å². The topological polar surface area (TPSA) is 44.8 Å². The molecule has 2 unspecified atom stereocenters. The van der Waals surface area contributed by atoms with Gasteiger partial charge < -0.3 is 15.0 Å². The molecule has 5 heteroatoms. The molecule has 2 aliphatic rings. The van der Waals surface area contributed by atoms with Crippen molar-refractivity contribution in [2.75, 3.05) is 38.1 Å². The van der Waals surface area contributed by atoms with Crippen molar-refractivity contribution in [1.82, 2.24) is 9.80 Å². The minimum Gasteiger partial charge on any atom is -0.374 e. The van der Waals surface area contributed by atoms with Crippen LogP contribution in [0.5, 0.6) is 0 Å². The van der Waals surface area contributed by atoms with Crippen molar-refractivity contribution in [3.63, 3.8) is 0 Å². The van der Waals surface area contributed by atoms with Crippen LogP contribution in [0.15, 0.2) is 54.6 Å². The van der Waals surface area contributed by atoms with E-state index in [-0.39, 0.29) is 18.2 Å². The van der Waals surface area contributed by atoms with Crippen molar-refractivity contribution in [3.05, 3.63) is 65.7 Å². The van der Waals surface area contributed by atoms with E-state index in [1.54, 1.807) is 0 Å². The van der Waals surface area contributed by atoms with E-state index < -0.39 is 0 Å². The Morgan fingerprint density at radius 2 is 1.88 bits per heavy atom. The summed E-state index contributed by atoms with van der Waals surface area (Å²) in [5, 5.41) is 3.04. The van der Waals surface area contributed by atoms with Crippen molar-refractivity contribution < 1.29 is 9.53 Å². The third-order valence-corrected chi connectivity index (χ3v) is 5.26. The monoisotopic (exact) mass is 351 g/mol. The molecule has 0 saturated carbocycles. The van der Waals surface area contributed by atoms with Crippen LogP contribution in [0, 0.1) is 0 Å². The van der Waals surface area contributed by atoms with E-state index in [0.29, 0.717) is 6.54 Å². The number of amides is 2. The molecule has 2 amide bonds. The highest BCUT2D eigenvalue weighted by Gasteiger charge is 2.35. The van der Waals surface area contributed by atoms with Gasteiger partial charge in [-0.05, 0) is 18.2 Å². The van der Waals surface area contributed by atoms with E-state index >= 15 is 0 Å². The Balaban J connectivity index is 1.66. The summed E-state index contributed by atoms with van der Waals surface area (Å²) < 4.78 is 5.97. The highest BCUT2D eigenvalue weighted by molar-refractivity contribution is 5.93. The molecule has 0 radical (unpaired) electrons. The van der Waals surface area contributed by atoms with E-state index in [4.69, 9.17) is 4.74 Å². The first-order valence-corrected chi connectivity index (χ1v) is 9.31. The summed E-state index contributed by atoms with van der Waals surface area (Å²) in [6.07, 6.45) is 0.0333. The first-order valence-electron chi connectivity index (χ1n) is 9.31. The van der Waals surface area contributed by atoms with Gasteiger partial charge in [-0.15, -0.1) is 0 Å². The van der Waals surface area contributed by atoms with Crippen molar-refractivity contribution >= 4 is 11.7 Å². The highest BCUT2D eigenvalue weighted by atomic mass is 16.5. The molecular weight excluding hydrogens is 326 g/mol. The molecule has 0 aromatic heterocycles. The van der Waals surface area contributed by atoms with Gasteiger partial charge in [0.05, 0.1) is 25.3 Å². The number of benzene rings is 2. The molecule has 2 heterocycles. The fraction of sp³-hybridized carbons (Fsp3) is 0.381.